The summed E-state index contributed by atoms with van der Waals surface area (Å²) in [7, 11) is 0. The number of halogens is 2. The lowest BCUT2D eigenvalue weighted by Gasteiger charge is -2.10. The number of anilines is 2. The highest BCUT2D eigenvalue weighted by Gasteiger charge is 2.13. The van der Waals surface area contributed by atoms with E-state index in [1.54, 1.807) is 36.4 Å². The van der Waals surface area contributed by atoms with Gasteiger partial charge in [-0.2, -0.15) is 0 Å². The number of pyridine rings is 2. The number of carbonyl (C=O) groups is 2. The molecular weight excluding hydrogens is 383 g/mol. The van der Waals surface area contributed by atoms with Crippen LogP contribution in [0, 0.1) is 5.82 Å². The molecule has 8 heteroatoms. The first kappa shape index (κ1) is 19.2. The molecule has 28 heavy (non-hydrogen) atoms. The fraction of sp³-hybridized carbons (Fsp3) is 0. The molecule has 0 spiro atoms. The van der Waals surface area contributed by atoms with E-state index in [-0.39, 0.29) is 5.56 Å². The first-order valence-corrected chi connectivity index (χ1v) is 8.50. The van der Waals surface area contributed by atoms with Crippen LogP contribution in [0.25, 0.3) is 6.08 Å². The second-order valence-corrected chi connectivity index (χ2v) is 6.06. The summed E-state index contributed by atoms with van der Waals surface area (Å²) >= 11 is 5.78. The zero-order chi connectivity index (χ0) is 19.9. The van der Waals surface area contributed by atoms with E-state index < -0.39 is 17.6 Å². The third-order valence-electron chi connectivity index (χ3n) is 3.55. The van der Waals surface area contributed by atoms with Gasteiger partial charge in [-0.05, 0) is 42.0 Å². The Balaban J connectivity index is 1.71. The maximum atomic E-state index is 13.1. The van der Waals surface area contributed by atoms with Gasteiger partial charge in [0, 0.05) is 18.5 Å². The molecule has 3 aromatic rings. The van der Waals surface area contributed by atoms with Gasteiger partial charge in [0.15, 0.2) is 0 Å². The lowest BCUT2D eigenvalue weighted by Crippen LogP contribution is -2.17. The van der Waals surface area contributed by atoms with E-state index in [1.165, 1.54) is 30.6 Å². The Morgan fingerprint density at radius 3 is 2.61 bits per heavy atom. The van der Waals surface area contributed by atoms with Crippen molar-refractivity contribution < 1.29 is 14.0 Å². The van der Waals surface area contributed by atoms with Crippen LogP contribution in [0.1, 0.15) is 15.9 Å². The molecule has 0 aliphatic heterocycles. The highest BCUT2D eigenvalue weighted by Crippen LogP contribution is 2.18. The first-order chi connectivity index (χ1) is 13.5. The van der Waals surface area contributed by atoms with E-state index in [2.05, 4.69) is 20.6 Å². The highest BCUT2D eigenvalue weighted by molar-refractivity contribution is 6.30. The van der Waals surface area contributed by atoms with Crippen molar-refractivity contribution in [2.24, 2.45) is 0 Å². The van der Waals surface area contributed by atoms with Crippen molar-refractivity contribution in [3.05, 3.63) is 89.1 Å². The molecule has 140 valence electrons. The lowest BCUT2D eigenvalue weighted by molar-refractivity contribution is -0.111. The Morgan fingerprint density at radius 2 is 1.86 bits per heavy atom. The molecule has 0 aliphatic carbocycles. The number of nitrogens with zero attached hydrogens (tertiary/aromatic N) is 2. The van der Waals surface area contributed by atoms with E-state index in [9.17, 15) is 14.0 Å². The van der Waals surface area contributed by atoms with E-state index >= 15 is 0 Å². The van der Waals surface area contributed by atoms with Gasteiger partial charge in [-0.3, -0.25) is 14.6 Å². The predicted octanol–water partition coefficient (Wildman–Crippen LogP) is 4.17. The number of nitrogens with one attached hydrogen (secondary N) is 2. The fourth-order valence-electron chi connectivity index (χ4n) is 2.29. The fourth-order valence-corrected chi connectivity index (χ4v) is 2.40. The molecule has 0 fully saturated rings. The number of para-hydroxylation sites is 1. The highest BCUT2D eigenvalue weighted by atomic mass is 35.5. The standard InChI is InChI=1S/C20H14ClFN4O2/c21-14-6-7-18(24-11-14)26-20(28)16-3-1-2-4-17(16)25-19(27)8-5-13-9-15(22)12-23-10-13/h1-12H,(H,25,27)(H,24,26,28). The molecule has 0 bridgehead atoms. The number of hydrogen-bond acceptors (Lipinski definition) is 4. The van der Waals surface area contributed by atoms with Crippen molar-refractivity contribution in [1.29, 1.82) is 0 Å². The Labute approximate surface area is 165 Å². The van der Waals surface area contributed by atoms with E-state index in [4.69, 9.17) is 11.6 Å². The summed E-state index contributed by atoms with van der Waals surface area (Å²) in [5.74, 6) is -1.09. The lowest BCUT2D eigenvalue weighted by atomic mass is 10.1. The summed E-state index contributed by atoms with van der Waals surface area (Å²) in [5, 5.41) is 5.71. The van der Waals surface area contributed by atoms with Crippen molar-refractivity contribution in [3.63, 3.8) is 0 Å². The number of carbonyl (C=O) groups excluding carboxylic acids is 2. The Morgan fingerprint density at radius 1 is 1.04 bits per heavy atom. The Hall–Kier alpha value is -3.58. The third-order valence-corrected chi connectivity index (χ3v) is 3.78. The molecule has 0 atom stereocenters. The zero-order valence-corrected chi connectivity index (χ0v) is 15.2. The van der Waals surface area contributed by atoms with Crippen LogP contribution in [0.2, 0.25) is 5.02 Å². The van der Waals surface area contributed by atoms with E-state index in [1.807, 2.05) is 0 Å². The molecule has 0 radical (unpaired) electrons. The molecular formula is C20H14ClFN4O2. The maximum Gasteiger partial charge on any atom is 0.258 e. The van der Waals surface area contributed by atoms with Gasteiger partial charge in [0.1, 0.15) is 11.6 Å². The minimum Gasteiger partial charge on any atom is -0.322 e. The average molecular weight is 397 g/mol. The quantitative estimate of drug-likeness (QED) is 0.634. The Kier molecular flexibility index (Phi) is 6.08. The number of aromatic nitrogens is 2. The average Bonchev–Trinajstić information content (AvgIpc) is 2.68. The predicted molar refractivity (Wildman–Crippen MR) is 106 cm³/mol. The van der Waals surface area contributed by atoms with Crippen LogP contribution in [0.3, 0.4) is 0 Å². The van der Waals surface area contributed by atoms with E-state index in [0.29, 0.717) is 22.1 Å². The minimum absolute atomic E-state index is 0.258. The molecule has 2 amide bonds. The van der Waals surface area contributed by atoms with Gasteiger partial charge in [-0.1, -0.05) is 23.7 Å². The van der Waals surface area contributed by atoms with Gasteiger partial charge in [-0.25, -0.2) is 9.37 Å². The van der Waals surface area contributed by atoms with Crippen LogP contribution in [-0.2, 0) is 4.79 Å². The molecule has 3 rings (SSSR count). The van der Waals surface area contributed by atoms with Crippen LogP contribution in [-0.4, -0.2) is 21.8 Å². The third kappa shape index (κ3) is 5.21. The van der Waals surface area contributed by atoms with Crippen molar-refractivity contribution in [2.75, 3.05) is 10.6 Å². The first-order valence-electron chi connectivity index (χ1n) is 8.13. The van der Waals surface area contributed by atoms with Crippen LogP contribution in [0.4, 0.5) is 15.9 Å². The molecule has 2 aromatic heterocycles. The summed E-state index contributed by atoms with van der Waals surface area (Å²) in [4.78, 5) is 32.4. The van der Waals surface area contributed by atoms with Gasteiger partial charge in [0.2, 0.25) is 5.91 Å². The van der Waals surface area contributed by atoms with Crippen molar-refractivity contribution >= 4 is 41.0 Å². The van der Waals surface area contributed by atoms with E-state index in [0.717, 1.165) is 6.20 Å². The number of amides is 2. The SMILES string of the molecule is O=C(C=Cc1cncc(F)c1)Nc1ccccc1C(=O)Nc1ccc(Cl)cn1. The molecule has 0 saturated heterocycles. The molecule has 1 aromatic carbocycles. The largest absolute Gasteiger partial charge is 0.322 e. The monoisotopic (exact) mass is 396 g/mol. The van der Waals surface area contributed by atoms with Crippen LogP contribution < -0.4 is 10.6 Å². The summed E-state index contributed by atoms with van der Waals surface area (Å²) < 4.78 is 13.1. The van der Waals surface area contributed by atoms with Crippen molar-refractivity contribution in [1.82, 2.24) is 9.97 Å². The Bertz CT molecular complexity index is 1040. The van der Waals surface area contributed by atoms with Crippen molar-refractivity contribution in [3.8, 4) is 0 Å². The molecule has 0 unspecified atom stereocenters. The molecule has 0 aliphatic rings. The molecule has 2 N–H and O–H groups in total. The van der Waals surface area contributed by atoms with Gasteiger partial charge in [-0.15, -0.1) is 0 Å². The summed E-state index contributed by atoms with van der Waals surface area (Å²) in [6.07, 6.45) is 6.56. The van der Waals surface area contributed by atoms with Crippen molar-refractivity contribution in [2.45, 2.75) is 0 Å². The van der Waals surface area contributed by atoms with Gasteiger partial charge >= 0.3 is 0 Å². The number of benzene rings is 1. The number of hydrogen-bond donors (Lipinski definition) is 2. The molecule has 6 nitrogen and oxygen atoms in total. The topological polar surface area (TPSA) is 84.0 Å². The molecule has 0 saturated carbocycles. The van der Waals surface area contributed by atoms with Crippen LogP contribution in [0.5, 0.6) is 0 Å². The maximum absolute atomic E-state index is 13.1. The smallest absolute Gasteiger partial charge is 0.258 e. The summed E-state index contributed by atoms with van der Waals surface area (Å²) in [5.41, 5.74) is 1.02. The second-order valence-electron chi connectivity index (χ2n) is 5.62. The summed E-state index contributed by atoms with van der Waals surface area (Å²) in [6, 6.07) is 10.9. The van der Waals surface area contributed by atoms with Gasteiger partial charge in [0.25, 0.3) is 5.91 Å². The van der Waals surface area contributed by atoms with Crippen LogP contribution >= 0.6 is 11.6 Å². The summed E-state index contributed by atoms with van der Waals surface area (Å²) in [6.45, 7) is 0. The normalized spacial score (nSPS) is 10.6. The zero-order valence-electron chi connectivity index (χ0n) is 14.4. The van der Waals surface area contributed by atoms with Gasteiger partial charge < -0.3 is 10.6 Å². The molecule has 2 heterocycles. The second kappa shape index (κ2) is 8.88. The minimum atomic E-state index is -0.500. The number of rotatable bonds is 5. The van der Waals surface area contributed by atoms with Gasteiger partial charge in [0.05, 0.1) is 22.5 Å². The van der Waals surface area contributed by atoms with Crippen LogP contribution in [0.15, 0.2) is 67.1 Å².